The summed E-state index contributed by atoms with van der Waals surface area (Å²) in [5.74, 6) is -0.201. The highest BCUT2D eigenvalue weighted by molar-refractivity contribution is 6.03. The van der Waals surface area contributed by atoms with Gasteiger partial charge in [-0.1, -0.05) is 0 Å². The Morgan fingerprint density at radius 2 is 1.69 bits per heavy atom. The molecule has 3 rings (SSSR count). The van der Waals surface area contributed by atoms with Gasteiger partial charge in [-0.15, -0.1) is 0 Å². The third kappa shape index (κ3) is 4.97. The third-order valence-corrected chi connectivity index (χ3v) is 4.36. The van der Waals surface area contributed by atoms with Crippen LogP contribution in [0.25, 0.3) is 0 Å². The molecule has 5 heteroatoms. The zero-order valence-electron chi connectivity index (χ0n) is 15.9. The number of nitrogens with zero attached hydrogens (tertiary/aromatic N) is 2. The number of hydrogen-bond acceptors (Lipinski definition) is 4. The number of benzene rings is 1. The number of anilines is 3. The SMILES string of the molecule is CC(C)(C)Nc1ccnc(C(=O)Nc2ccc(N3CCCCC3)cc2)c1. The van der Waals surface area contributed by atoms with Crippen LogP contribution in [0.4, 0.5) is 17.1 Å². The molecule has 5 nitrogen and oxygen atoms in total. The number of piperidine rings is 1. The molecule has 0 radical (unpaired) electrons. The summed E-state index contributed by atoms with van der Waals surface area (Å²) in [6.07, 6.45) is 5.48. The van der Waals surface area contributed by atoms with Gasteiger partial charge in [0.2, 0.25) is 0 Å². The van der Waals surface area contributed by atoms with Gasteiger partial charge in [0.05, 0.1) is 0 Å². The average Bonchev–Trinajstić information content (AvgIpc) is 2.62. The largest absolute Gasteiger partial charge is 0.380 e. The van der Waals surface area contributed by atoms with Gasteiger partial charge in [0.15, 0.2) is 0 Å². The Bertz CT molecular complexity index is 743. The molecule has 138 valence electrons. The number of nitrogens with one attached hydrogen (secondary N) is 2. The third-order valence-electron chi connectivity index (χ3n) is 4.36. The second-order valence-electron chi connectivity index (χ2n) is 7.85. The lowest BCUT2D eigenvalue weighted by Gasteiger charge is -2.28. The molecule has 1 aromatic carbocycles. The summed E-state index contributed by atoms with van der Waals surface area (Å²) in [6.45, 7) is 8.47. The lowest BCUT2D eigenvalue weighted by atomic mass is 10.1. The van der Waals surface area contributed by atoms with Crippen LogP contribution in [0.1, 0.15) is 50.5 Å². The zero-order chi connectivity index (χ0) is 18.6. The Kier molecular flexibility index (Phi) is 5.45. The fourth-order valence-electron chi connectivity index (χ4n) is 3.17. The molecule has 2 N–H and O–H groups in total. The first-order valence-electron chi connectivity index (χ1n) is 9.31. The van der Waals surface area contributed by atoms with Gasteiger partial charge in [-0.25, -0.2) is 0 Å². The Labute approximate surface area is 155 Å². The van der Waals surface area contributed by atoms with E-state index in [9.17, 15) is 4.79 Å². The van der Waals surface area contributed by atoms with E-state index in [1.165, 1.54) is 24.9 Å². The predicted octanol–water partition coefficient (Wildman–Crippen LogP) is 4.53. The monoisotopic (exact) mass is 352 g/mol. The fraction of sp³-hybridized carbons (Fsp3) is 0.429. The molecule has 0 unspecified atom stereocenters. The summed E-state index contributed by atoms with van der Waals surface area (Å²) in [5.41, 5.74) is 3.22. The minimum atomic E-state index is -0.201. The van der Waals surface area contributed by atoms with E-state index >= 15 is 0 Å². The first-order valence-corrected chi connectivity index (χ1v) is 9.31. The highest BCUT2D eigenvalue weighted by Gasteiger charge is 2.14. The van der Waals surface area contributed by atoms with Gasteiger partial charge in [0, 0.05) is 41.9 Å². The average molecular weight is 352 g/mol. The van der Waals surface area contributed by atoms with Crippen molar-refractivity contribution < 1.29 is 4.79 Å². The molecule has 1 aliphatic heterocycles. The van der Waals surface area contributed by atoms with Crippen molar-refractivity contribution >= 4 is 23.0 Å². The van der Waals surface area contributed by atoms with Crippen LogP contribution in [0.15, 0.2) is 42.6 Å². The quantitative estimate of drug-likeness (QED) is 0.848. The number of aromatic nitrogens is 1. The Hall–Kier alpha value is -2.56. The van der Waals surface area contributed by atoms with Crippen molar-refractivity contribution in [1.29, 1.82) is 0 Å². The summed E-state index contributed by atoms with van der Waals surface area (Å²) in [6, 6.07) is 11.7. The van der Waals surface area contributed by atoms with E-state index in [1.54, 1.807) is 12.3 Å². The minimum absolute atomic E-state index is 0.0701. The maximum atomic E-state index is 12.5. The zero-order valence-corrected chi connectivity index (χ0v) is 15.9. The molecule has 1 amide bonds. The van der Waals surface area contributed by atoms with E-state index < -0.39 is 0 Å². The van der Waals surface area contributed by atoms with E-state index in [-0.39, 0.29) is 11.4 Å². The van der Waals surface area contributed by atoms with Gasteiger partial charge in [-0.3, -0.25) is 9.78 Å². The molecule has 1 fully saturated rings. The molecule has 1 aromatic heterocycles. The summed E-state index contributed by atoms with van der Waals surface area (Å²) >= 11 is 0. The van der Waals surface area contributed by atoms with Gasteiger partial charge >= 0.3 is 0 Å². The first kappa shape index (κ1) is 18.2. The van der Waals surface area contributed by atoms with Crippen LogP contribution < -0.4 is 15.5 Å². The van der Waals surface area contributed by atoms with Crippen LogP contribution in [-0.4, -0.2) is 29.5 Å². The van der Waals surface area contributed by atoms with Crippen LogP contribution in [0.5, 0.6) is 0 Å². The van der Waals surface area contributed by atoms with Crippen molar-refractivity contribution in [2.45, 2.75) is 45.6 Å². The van der Waals surface area contributed by atoms with E-state index in [0.29, 0.717) is 5.69 Å². The summed E-state index contributed by atoms with van der Waals surface area (Å²) in [5, 5.41) is 6.29. The molecular weight excluding hydrogens is 324 g/mol. The second-order valence-corrected chi connectivity index (χ2v) is 7.85. The lowest BCUT2D eigenvalue weighted by molar-refractivity contribution is 0.102. The topological polar surface area (TPSA) is 57.3 Å². The number of carbonyl (C=O) groups excluding carboxylic acids is 1. The van der Waals surface area contributed by atoms with Crippen molar-refractivity contribution in [3.05, 3.63) is 48.3 Å². The van der Waals surface area contributed by atoms with Gasteiger partial charge < -0.3 is 15.5 Å². The predicted molar refractivity (Wildman–Crippen MR) is 108 cm³/mol. The number of hydrogen-bond donors (Lipinski definition) is 2. The van der Waals surface area contributed by atoms with Crippen molar-refractivity contribution in [3.8, 4) is 0 Å². The molecular formula is C21H28N4O. The standard InChI is InChI=1S/C21H28N4O/c1-21(2,3)24-17-11-12-22-19(15-17)20(26)23-16-7-9-18(10-8-16)25-13-5-4-6-14-25/h7-12,15H,4-6,13-14H2,1-3H3,(H,22,24)(H,23,26). The van der Waals surface area contributed by atoms with Crippen LogP contribution >= 0.6 is 0 Å². The lowest BCUT2D eigenvalue weighted by Crippen LogP contribution is -2.29. The van der Waals surface area contributed by atoms with E-state index in [1.807, 2.05) is 18.2 Å². The van der Waals surface area contributed by atoms with E-state index in [2.05, 4.69) is 53.4 Å². The highest BCUT2D eigenvalue weighted by Crippen LogP contribution is 2.22. The van der Waals surface area contributed by atoms with E-state index in [4.69, 9.17) is 0 Å². The van der Waals surface area contributed by atoms with Crippen LogP contribution in [0.2, 0.25) is 0 Å². The number of rotatable bonds is 4. The van der Waals surface area contributed by atoms with Crippen molar-refractivity contribution in [2.75, 3.05) is 28.6 Å². The molecule has 1 saturated heterocycles. The van der Waals surface area contributed by atoms with Crippen molar-refractivity contribution in [1.82, 2.24) is 4.98 Å². The molecule has 1 aliphatic rings. The van der Waals surface area contributed by atoms with Crippen LogP contribution in [-0.2, 0) is 0 Å². The fourth-order valence-corrected chi connectivity index (χ4v) is 3.17. The smallest absolute Gasteiger partial charge is 0.274 e. The molecule has 2 heterocycles. The maximum absolute atomic E-state index is 12.5. The first-order chi connectivity index (χ1) is 12.4. The van der Waals surface area contributed by atoms with Crippen LogP contribution in [0.3, 0.4) is 0 Å². The van der Waals surface area contributed by atoms with Gasteiger partial charge in [-0.2, -0.15) is 0 Å². The normalized spacial score (nSPS) is 14.8. The summed E-state index contributed by atoms with van der Waals surface area (Å²) in [7, 11) is 0. The van der Waals surface area contributed by atoms with E-state index in [0.717, 1.165) is 24.5 Å². The minimum Gasteiger partial charge on any atom is -0.380 e. The van der Waals surface area contributed by atoms with Gasteiger partial charge in [0.1, 0.15) is 5.69 Å². The van der Waals surface area contributed by atoms with Crippen molar-refractivity contribution in [2.24, 2.45) is 0 Å². The Morgan fingerprint density at radius 1 is 1.00 bits per heavy atom. The Balaban J connectivity index is 1.65. The molecule has 0 spiro atoms. The molecule has 0 aliphatic carbocycles. The summed E-state index contributed by atoms with van der Waals surface area (Å²) < 4.78 is 0. The molecule has 26 heavy (non-hydrogen) atoms. The van der Waals surface area contributed by atoms with Crippen LogP contribution in [0, 0.1) is 0 Å². The number of amides is 1. The number of pyridine rings is 1. The highest BCUT2D eigenvalue weighted by atomic mass is 16.1. The molecule has 2 aromatic rings. The Morgan fingerprint density at radius 3 is 2.35 bits per heavy atom. The van der Waals surface area contributed by atoms with Crippen molar-refractivity contribution in [3.63, 3.8) is 0 Å². The van der Waals surface area contributed by atoms with Gasteiger partial charge in [-0.05, 0) is 76.4 Å². The molecule has 0 saturated carbocycles. The van der Waals surface area contributed by atoms with Gasteiger partial charge in [0.25, 0.3) is 5.91 Å². The number of carbonyl (C=O) groups is 1. The molecule has 0 bridgehead atoms. The molecule has 0 atom stereocenters. The maximum Gasteiger partial charge on any atom is 0.274 e. The summed E-state index contributed by atoms with van der Waals surface area (Å²) in [4.78, 5) is 19.1. The second kappa shape index (κ2) is 7.77.